The number of piperidine rings is 1. The number of benzene rings is 1. The van der Waals surface area contributed by atoms with Crippen LogP contribution in [0, 0.1) is 25.6 Å². The number of ether oxygens (including phenoxy) is 2. The Morgan fingerprint density at radius 2 is 1.97 bits per heavy atom. The van der Waals surface area contributed by atoms with Gasteiger partial charge in [0.15, 0.2) is 11.6 Å². The van der Waals surface area contributed by atoms with Crippen LogP contribution in [0.5, 0.6) is 5.75 Å². The van der Waals surface area contributed by atoms with Crippen molar-refractivity contribution in [2.45, 2.75) is 32.7 Å². The van der Waals surface area contributed by atoms with Crippen LogP contribution in [0.3, 0.4) is 0 Å². The van der Waals surface area contributed by atoms with Crippen molar-refractivity contribution in [1.82, 2.24) is 20.4 Å². The first-order chi connectivity index (χ1) is 15.5. The van der Waals surface area contributed by atoms with E-state index in [4.69, 9.17) is 19.0 Å². The third-order valence-corrected chi connectivity index (χ3v) is 6.43. The molecule has 32 heavy (non-hydrogen) atoms. The van der Waals surface area contributed by atoms with Gasteiger partial charge in [0.05, 0.1) is 25.9 Å². The lowest BCUT2D eigenvalue weighted by molar-refractivity contribution is -0.0319. The quantitative estimate of drug-likeness (QED) is 0.624. The molecular formula is C23H28FN5O3. The highest BCUT2D eigenvalue weighted by Crippen LogP contribution is 2.38. The van der Waals surface area contributed by atoms with E-state index < -0.39 is 5.82 Å². The van der Waals surface area contributed by atoms with Gasteiger partial charge in [-0.2, -0.15) is 4.98 Å². The first kappa shape index (κ1) is 21.1. The average Bonchev–Trinajstić information content (AvgIpc) is 3.19. The second-order valence-corrected chi connectivity index (χ2v) is 8.66. The molecule has 2 aliphatic rings. The highest BCUT2D eigenvalue weighted by atomic mass is 19.1. The van der Waals surface area contributed by atoms with Crippen molar-refractivity contribution in [3.05, 3.63) is 29.3 Å². The minimum Gasteiger partial charge on any atom is -0.497 e. The maximum atomic E-state index is 14.9. The zero-order valence-electron chi connectivity index (χ0n) is 18.7. The van der Waals surface area contributed by atoms with E-state index in [1.54, 1.807) is 13.0 Å². The van der Waals surface area contributed by atoms with Gasteiger partial charge in [-0.1, -0.05) is 5.16 Å². The molecule has 9 heteroatoms. The van der Waals surface area contributed by atoms with Crippen LogP contribution in [0.25, 0.3) is 22.4 Å². The summed E-state index contributed by atoms with van der Waals surface area (Å²) in [6.07, 6.45) is 1.97. The van der Waals surface area contributed by atoms with Crippen LogP contribution in [0.1, 0.15) is 24.2 Å². The summed E-state index contributed by atoms with van der Waals surface area (Å²) >= 11 is 0. The van der Waals surface area contributed by atoms with E-state index in [1.165, 1.54) is 13.2 Å². The molecule has 0 spiro atoms. The third-order valence-electron chi connectivity index (χ3n) is 6.43. The van der Waals surface area contributed by atoms with E-state index in [9.17, 15) is 4.39 Å². The van der Waals surface area contributed by atoms with Crippen molar-refractivity contribution in [3.8, 4) is 17.2 Å². The smallest absolute Gasteiger partial charge is 0.261 e. The van der Waals surface area contributed by atoms with Crippen molar-refractivity contribution < 1.29 is 18.4 Å². The molecule has 0 saturated carbocycles. The van der Waals surface area contributed by atoms with Gasteiger partial charge in [0.25, 0.3) is 5.89 Å². The van der Waals surface area contributed by atoms with E-state index in [0.29, 0.717) is 46.1 Å². The largest absolute Gasteiger partial charge is 0.497 e. The number of hydrogen-bond acceptors (Lipinski definition) is 8. The van der Waals surface area contributed by atoms with Crippen LogP contribution < -0.4 is 15.0 Å². The Kier molecular flexibility index (Phi) is 5.69. The SMILES string of the molecule is COc1cc(F)c2nc(N3CCC(NCC4COC4)CC3)c(-c3nc(C)no3)c(C)c2c1. The Hall–Kier alpha value is -2.78. The molecule has 3 aromatic rings. The third kappa shape index (κ3) is 3.91. The number of nitrogens with zero attached hydrogens (tertiary/aromatic N) is 4. The number of pyridine rings is 1. The molecule has 0 atom stereocenters. The molecule has 8 nitrogen and oxygen atoms in total. The summed E-state index contributed by atoms with van der Waals surface area (Å²) in [5.41, 5.74) is 1.92. The maximum Gasteiger partial charge on any atom is 0.261 e. The summed E-state index contributed by atoms with van der Waals surface area (Å²) in [5, 5.41) is 8.31. The molecule has 2 aromatic heterocycles. The lowest BCUT2D eigenvalue weighted by Crippen LogP contribution is -2.46. The minimum atomic E-state index is -0.406. The molecule has 1 aromatic carbocycles. The van der Waals surface area contributed by atoms with E-state index in [1.807, 2.05) is 6.92 Å². The number of nitrogens with one attached hydrogen (secondary N) is 1. The molecular weight excluding hydrogens is 413 g/mol. The number of fused-ring (bicyclic) bond motifs is 1. The highest BCUT2D eigenvalue weighted by Gasteiger charge is 2.28. The first-order valence-corrected chi connectivity index (χ1v) is 11.1. The lowest BCUT2D eigenvalue weighted by atomic mass is 9.99. The summed E-state index contributed by atoms with van der Waals surface area (Å²) in [7, 11) is 1.52. The van der Waals surface area contributed by atoms with Crippen LogP contribution in [0.2, 0.25) is 0 Å². The van der Waals surface area contributed by atoms with Gasteiger partial charge in [-0.25, -0.2) is 9.37 Å². The van der Waals surface area contributed by atoms with Crippen molar-refractivity contribution in [2.75, 3.05) is 44.9 Å². The Bertz CT molecular complexity index is 1120. The minimum absolute atomic E-state index is 0.323. The Labute approximate surface area is 186 Å². The second kappa shape index (κ2) is 8.63. The number of methoxy groups -OCH3 is 1. The molecule has 4 heterocycles. The highest BCUT2D eigenvalue weighted by molar-refractivity contribution is 5.93. The van der Waals surface area contributed by atoms with Gasteiger partial charge in [0, 0.05) is 43.0 Å². The molecule has 0 aliphatic carbocycles. The van der Waals surface area contributed by atoms with Crippen LogP contribution >= 0.6 is 0 Å². The fourth-order valence-electron chi connectivity index (χ4n) is 4.47. The number of hydrogen-bond donors (Lipinski definition) is 1. The number of rotatable bonds is 6. The zero-order chi connectivity index (χ0) is 22.2. The molecule has 2 saturated heterocycles. The molecule has 1 N–H and O–H groups in total. The maximum absolute atomic E-state index is 14.9. The standard InChI is InChI=1S/C23H28FN5O3/c1-13-18-8-17(30-3)9-19(24)21(18)27-22(20(13)23-26-14(2)28-32-23)29-6-4-16(5-7-29)25-10-15-11-31-12-15/h8-9,15-16,25H,4-7,10-12H2,1-3H3. The van der Waals surface area contributed by atoms with Gasteiger partial charge >= 0.3 is 0 Å². The molecule has 2 fully saturated rings. The summed E-state index contributed by atoms with van der Waals surface area (Å²) < 4.78 is 31.0. The van der Waals surface area contributed by atoms with Gasteiger partial charge in [-0.3, -0.25) is 0 Å². The summed E-state index contributed by atoms with van der Waals surface area (Å²) in [5.74, 6) is 2.31. The lowest BCUT2D eigenvalue weighted by Gasteiger charge is -2.36. The summed E-state index contributed by atoms with van der Waals surface area (Å²) in [4.78, 5) is 11.4. The first-order valence-electron chi connectivity index (χ1n) is 11.1. The van der Waals surface area contributed by atoms with Crippen molar-refractivity contribution in [1.29, 1.82) is 0 Å². The Morgan fingerprint density at radius 3 is 2.59 bits per heavy atom. The summed E-state index contributed by atoms with van der Waals surface area (Å²) in [6.45, 7) is 8.06. The molecule has 0 unspecified atom stereocenters. The van der Waals surface area contributed by atoms with Crippen LogP contribution in [-0.2, 0) is 4.74 Å². The second-order valence-electron chi connectivity index (χ2n) is 8.66. The van der Waals surface area contributed by atoms with Gasteiger partial charge in [0.1, 0.15) is 17.1 Å². The molecule has 0 bridgehead atoms. The van der Waals surface area contributed by atoms with Gasteiger partial charge in [-0.05, 0) is 38.3 Å². The number of anilines is 1. The van der Waals surface area contributed by atoms with Crippen LogP contribution in [0.15, 0.2) is 16.7 Å². The van der Waals surface area contributed by atoms with Crippen LogP contribution in [-0.4, -0.2) is 61.1 Å². The number of aromatic nitrogens is 3. The van der Waals surface area contributed by atoms with Gasteiger partial charge in [0.2, 0.25) is 0 Å². The zero-order valence-corrected chi connectivity index (χ0v) is 18.7. The molecule has 0 radical (unpaired) electrons. The fourth-order valence-corrected chi connectivity index (χ4v) is 4.47. The van der Waals surface area contributed by atoms with E-state index in [0.717, 1.165) is 56.8 Å². The van der Waals surface area contributed by atoms with Gasteiger partial charge in [-0.15, -0.1) is 0 Å². The van der Waals surface area contributed by atoms with Crippen molar-refractivity contribution in [2.24, 2.45) is 5.92 Å². The van der Waals surface area contributed by atoms with E-state index in [-0.39, 0.29) is 0 Å². The predicted octanol–water partition coefficient (Wildman–Crippen LogP) is 3.25. The van der Waals surface area contributed by atoms with Crippen LogP contribution in [0.4, 0.5) is 10.2 Å². The Morgan fingerprint density at radius 1 is 1.19 bits per heavy atom. The van der Waals surface area contributed by atoms with Crippen molar-refractivity contribution in [3.63, 3.8) is 0 Å². The number of aryl methyl sites for hydroxylation is 2. The normalized spacial score (nSPS) is 17.7. The predicted molar refractivity (Wildman–Crippen MR) is 119 cm³/mol. The topological polar surface area (TPSA) is 85.5 Å². The summed E-state index contributed by atoms with van der Waals surface area (Å²) in [6, 6.07) is 3.64. The molecule has 5 rings (SSSR count). The average molecular weight is 442 g/mol. The monoisotopic (exact) mass is 441 g/mol. The number of halogens is 1. The fraction of sp³-hybridized carbons (Fsp3) is 0.522. The van der Waals surface area contributed by atoms with E-state index >= 15 is 0 Å². The van der Waals surface area contributed by atoms with E-state index in [2.05, 4.69) is 20.4 Å². The van der Waals surface area contributed by atoms with Crippen molar-refractivity contribution >= 4 is 16.7 Å². The Balaban J connectivity index is 1.49. The molecule has 2 aliphatic heterocycles. The molecule has 170 valence electrons. The molecule has 0 amide bonds. The van der Waals surface area contributed by atoms with Gasteiger partial charge < -0.3 is 24.2 Å².